The predicted molar refractivity (Wildman–Crippen MR) is 77.4 cm³/mol. The summed E-state index contributed by atoms with van der Waals surface area (Å²) in [6.45, 7) is 4.46. The zero-order valence-corrected chi connectivity index (χ0v) is 12.1. The Labute approximate surface area is 115 Å². The van der Waals surface area contributed by atoms with Gasteiger partial charge < -0.3 is 10.2 Å². The minimum atomic E-state index is 0.132. The van der Waals surface area contributed by atoms with Crippen molar-refractivity contribution in [1.29, 1.82) is 0 Å². The van der Waals surface area contributed by atoms with Crippen molar-refractivity contribution in [2.24, 2.45) is 5.92 Å². The molecule has 1 aromatic rings. The second-order valence-electron chi connectivity index (χ2n) is 6.05. The highest BCUT2D eigenvalue weighted by Gasteiger charge is 2.26. The van der Waals surface area contributed by atoms with E-state index < -0.39 is 0 Å². The van der Waals surface area contributed by atoms with Crippen LogP contribution in [0.25, 0.3) is 0 Å². The van der Waals surface area contributed by atoms with E-state index in [1.54, 1.807) is 12.1 Å². The SMILES string of the molecule is CC1CCCC(N(C)C(C)c2cc(O)cc(O)c2)C1. The smallest absolute Gasteiger partial charge is 0.119 e. The molecule has 0 amide bonds. The maximum Gasteiger partial charge on any atom is 0.119 e. The zero-order valence-electron chi connectivity index (χ0n) is 12.1. The number of phenolic OH excluding ortho intramolecular Hbond substituents is 2. The van der Waals surface area contributed by atoms with Gasteiger partial charge >= 0.3 is 0 Å². The van der Waals surface area contributed by atoms with Crippen LogP contribution in [0.1, 0.15) is 51.1 Å². The van der Waals surface area contributed by atoms with Crippen LogP contribution >= 0.6 is 0 Å². The number of phenols is 2. The van der Waals surface area contributed by atoms with E-state index in [2.05, 4.69) is 25.8 Å². The van der Waals surface area contributed by atoms with Crippen LogP contribution in [0, 0.1) is 5.92 Å². The van der Waals surface area contributed by atoms with Gasteiger partial charge in [0.15, 0.2) is 0 Å². The highest BCUT2D eigenvalue weighted by atomic mass is 16.3. The molecule has 0 radical (unpaired) electrons. The third-order valence-electron chi connectivity index (χ3n) is 4.50. The molecule has 0 aromatic heterocycles. The average molecular weight is 263 g/mol. The molecule has 1 saturated carbocycles. The topological polar surface area (TPSA) is 43.7 Å². The molecular weight excluding hydrogens is 238 g/mol. The van der Waals surface area contributed by atoms with Crippen molar-refractivity contribution in [2.75, 3.05) is 7.05 Å². The van der Waals surface area contributed by atoms with Crippen LogP contribution in [0.5, 0.6) is 11.5 Å². The number of aromatic hydroxyl groups is 2. The molecule has 1 aliphatic rings. The molecule has 19 heavy (non-hydrogen) atoms. The molecule has 2 N–H and O–H groups in total. The van der Waals surface area contributed by atoms with Gasteiger partial charge in [0.1, 0.15) is 11.5 Å². The van der Waals surface area contributed by atoms with Gasteiger partial charge in [0.05, 0.1) is 0 Å². The molecule has 1 fully saturated rings. The quantitative estimate of drug-likeness (QED) is 0.874. The summed E-state index contributed by atoms with van der Waals surface area (Å²) in [5.41, 5.74) is 0.971. The first-order valence-corrected chi connectivity index (χ1v) is 7.22. The molecule has 0 heterocycles. The van der Waals surface area contributed by atoms with Gasteiger partial charge in [-0.3, -0.25) is 4.90 Å². The lowest BCUT2D eigenvalue weighted by Gasteiger charge is -2.38. The van der Waals surface area contributed by atoms with Crippen molar-refractivity contribution in [3.8, 4) is 11.5 Å². The van der Waals surface area contributed by atoms with Crippen LogP contribution in [0.2, 0.25) is 0 Å². The molecule has 0 aliphatic heterocycles. The van der Waals surface area contributed by atoms with Crippen LogP contribution in [0.4, 0.5) is 0 Å². The fourth-order valence-electron chi connectivity index (χ4n) is 3.18. The molecule has 1 aliphatic carbocycles. The summed E-state index contributed by atoms with van der Waals surface area (Å²) < 4.78 is 0. The summed E-state index contributed by atoms with van der Waals surface area (Å²) in [7, 11) is 2.15. The molecule has 2 rings (SSSR count). The standard InChI is InChI=1S/C16H25NO2/c1-11-5-4-6-14(7-11)17(3)12(2)13-8-15(18)10-16(19)9-13/h8-12,14,18-19H,4-7H2,1-3H3. The first-order valence-electron chi connectivity index (χ1n) is 7.22. The van der Waals surface area contributed by atoms with Crippen molar-refractivity contribution in [2.45, 2.75) is 51.6 Å². The third kappa shape index (κ3) is 3.41. The minimum absolute atomic E-state index is 0.132. The molecule has 106 valence electrons. The summed E-state index contributed by atoms with van der Waals surface area (Å²) in [4.78, 5) is 2.38. The lowest BCUT2D eigenvalue weighted by Crippen LogP contribution is -2.37. The largest absolute Gasteiger partial charge is 0.508 e. The molecule has 0 spiro atoms. The molecule has 3 nitrogen and oxygen atoms in total. The molecule has 1 aromatic carbocycles. The van der Waals surface area contributed by atoms with Gasteiger partial charge in [-0.15, -0.1) is 0 Å². The van der Waals surface area contributed by atoms with Crippen LogP contribution < -0.4 is 0 Å². The fraction of sp³-hybridized carbons (Fsp3) is 0.625. The van der Waals surface area contributed by atoms with Crippen LogP contribution in [0.3, 0.4) is 0 Å². The lowest BCUT2D eigenvalue weighted by molar-refractivity contribution is 0.126. The Morgan fingerprint density at radius 3 is 2.37 bits per heavy atom. The summed E-state index contributed by atoms with van der Waals surface area (Å²) >= 11 is 0. The number of hydrogen-bond donors (Lipinski definition) is 2. The highest BCUT2D eigenvalue weighted by Crippen LogP contribution is 2.33. The number of rotatable bonds is 3. The third-order valence-corrected chi connectivity index (χ3v) is 4.50. The number of nitrogens with zero attached hydrogens (tertiary/aromatic N) is 1. The fourth-order valence-corrected chi connectivity index (χ4v) is 3.18. The second-order valence-corrected chi connectivity index (χ2v) is 6.05. The molecule has 3 unspecified atom stereocenters. The Kier molecular flexibility index (Phi) is 4.35. The van der Waals surface area contributed by atoms with Crippen molar-refractivity contribution < 1.29 is 10.2 Å². The van der Waals surface area contributed by atoms with E-state index in [1.807, 2.05) is 0 Å². The summed E-state index contributed by atoms with van der Waals surface area (Å²) in [5.74, 6) is 1.06. The van der Waals surface area contributed by atoms with E-state index in [9.17, 15) is 10.2 Å². The Morgan fingerprint density at radius 2 is 1.79 bits per heavy atom. The van der Waals surface area contributed by atoms with E-state index in [-0.39, 0.29) is 17.5 Å². The van der Waals surface area contributed by atoms with Gasteiger partial charge in [-0.25, -0.2) is 0 Å². The summed E-state index contributed by atoms with van der Waals surface area (Å²) in [5, 5.41) is 19.2. The molecular formula is C16H25NO2. The lowest BCUT2D eigenvalue weighted by atomic mass is 9.85. The van der Waals surface area contributed by atoms with Gasteiger partial charge in [-0.05, 0) is 50.4 Å². The van der Waals surface area contributed by atoms with Gasteiger partial charge in [0.2, 0.25) is 0 Å². The Balaban J connectivity index is 2.11. The number of hydrogen-bond acceptors (Lipinski definition) is 3. The zero-order chi connectivity index (χ0) is 14.0. The second kappa shape index (κ2) is 5.83. The Bertz CT molecular complexity index is 413. The van der Waals surface area contributed by atoms with E-state index >= 15 is 0 Å². The average Bonchev–Trinajstić information content (AvgIpc) is 2.36. The van der Waals surface area contributed by atoms with E-state index in [4.69, 9.17) is 0 Å². The van der Waals surface area contributed by atoms with Crippen molar-refractivity contribution in [3.63, 3.8) is 0 Å². The predicted octanol–water partition coefficient (Wildman–Crippen LogP) is 3.67. The number of benzene rings is 1. The molecule has 3 atom stereocenters. The minimum Gasteiger partial charge on any atom is -0.508 e. The Morgan fingerprint density at radius 1 is 1.16 bits per heavy atom. The molecule has 0 saturated heterocycles. The maximum atomic E-state index is 9.60. The van der Waals surface area contributed by atoms with Gasteiger partial charge in [-0.2, -0.15) is 0 Å². The van der Waals surface area contributed by atoms with Crippen LogP contribution in [0.15, 0.2) is 18.2 Å². The Hall–Kier alpha value is -1.22. The monoisotopic (exact) mass is 263 g/mol. The summed E-state index contributed by atoms with van der Waals surface area (Å²) in [6.07, 6.45) is 5.13. The molecule has 3 heteroatoms. The molecule has 0 bridgehead atoms. The first kappa shape index (κ1) is 14.2. The van der Waals surface area contributed by atoms with E-state index in [0.29, 0.717) is 6.04 Å². The van der Waals surface area contributed by atoms with Gasteiger partial charge in [0, 0.05) is 18.2 Å². The summed E-state index contributed by atoms with van der Waals surface area (Å²) in [6, 6.07) is 5.66. The van der Waals surface area contributed by atoms with E-state index in [1.165, 1.54) is 31.7 Å². The van der Waals surface area contributed by atoms with Gasteiger partial charge in [-0.1, -0.05) is 19.8 Å². The van der Waals surface area contributed by atoms with Crippen LogP contribution in [-0.4, -0.2) is 28.2 Å². The van der Waals surface area contributed by atoms with E-state index in [0.717, 1.165) is 11.5 Å². The van der Waals surface area contributed by atoms with Crippen molar-refractivity contribution in [1.82, 2.24) is 4.90 Å². The van der Waals surface area contributed by atoms with Crippen molar-refractivity contribution >= 4 is 0 Å². The van der Waals surface area contributed by atoms with Crippen molar-refractivity contribution in [3.05, 3.63) is 23.8 Å². The first-order chi connectivity index (χ1) is 8.97. The van der Waals surface area contributed by atoms with Gasteiger partial charge in [0.25, 0.3) is 0 Å². The normalized spacial score (nSPS) is 25.5. The highest BCUT2D eigenvalue weighted by molar-refractivity contribution is 5.38. The van der Waals surface area contributed by atoms with Crippen LogP contribution in [-0.2, 0) is 0 Å². The maximum absolute atomic E-state index is 9.60.